The molecule has 0 radical (unpaired) electrons. The fraction of sp³-hybridized carbons (Fsp3) is 0.217. The molecule has 3 aromatic rings. The Kier molecular flexibility index (Phi) is 5.93. The lowest BCUT2D eigenvalue weighted by Gasteiger charge is -2.18. The standard InChI is InChI=1S/C23H22N4O2S2/c1-4-26-22(29)18(31-23(26)30)13-17-19(24-15(3)16-10-6-5-7-11-16)25-20-14(2)9-8-12-27(20)21(17)28/h5-13,15,24H,4H2,1-3H3/b18-13-. The molecule has 1 aliphatic rings. The highest BCUT2D eigenvalue weighted by Gasteiger charge is 2.31. The van der Waals surface area contributed by atoms with Crippen LogP contribution in [0.15, 0.2) is 58.4 Å². The van der Waals surface area contributed by atoms with Gasteiger partial charge in [-0.05, 0) is 44.0 Å². The summed E-state index contributed by atoms with van der Waals surface area (Å²) in [4.78, 5) is 32.9. The van der Waals surface area contributed by atoms with E-state index in [9.17, 15) is 9.59 Å². The van der Waals surface area contributed by atoms with Crippen LogP contribution < -0.4 is 10.9 Å². The number of aromatic nitrogens is 2. The van der Waals surface area contributed by atoms with E-state index in [1.807, 2.05) is 63.2 Å². The van der Waals surface area contributed by atoms with Crippen molar-refractivity contribution < 1.29 is 4.79 Å². The van der Waals surface area contributed by atoms with E-state index in [0.29, 0.717) is 32.8 Å². The molecule has 2 aromatic heterocycles. The summed E-state index contributed by atoms with van der Waals surface area (Å²) in [6, 6.07) is 13.6. The lowest BCUT2D eigenvalue weighted by Crippen LogP contribution is -2.27. The van der Waals surface area contributed by atoms with E-state index >= 15 is 0 Å². The van der Waals surface area contributed by atoms with Gasteiger partial charge in [0.05, 0.1) is 10.5 Å². The number of hydrogen-bond donors (Lipinski definition) is 1. The Morgan fingerprint density at radius 1 is 1.19 bits per heavy atom. The van der Waals surface area contributed by atoms with Crippen molar-refractivity contribution >= 4 is 51.7 Å². The molecule has 3 heterocycles. The number of carbonyl (C=O) groups is 1. The number of pyridine rings is 1. The first-order chi connectivity index (χ1) is 14.9. The molecular weight excluding hydrogens is 428 g/mol. The Labute approximate surface area is 190 Å². The number of aryl methyl sites for hydroxylation is 1. The Hall–Kier alpha value is -2.97. The van der Waals surface area contributed by atoms with E-state index in [-0.39, 0.29) is 17.5 Å². The van der Waals surface area contributed by atoms with Crippen LogP contribution in [0.3, 0.4) is 0 Å². The minimum atomic E-state index is -0.238. The highest BCUT2D eigenvalue weighted by molar-refractivity contribution is 8.26. The highest BCUT2D eigenvalue weighted by atomic mass is 32.2. The van der Waals surface area contributed by atoms with E-state index in [0.717, 1.165) is 11.1 Å². The van der Waals surface area contributed by atoms with Crippen molar-refractivity contribution in [3.05, 3.63) is 80.6 Å². The lowest BCUT2D eigenvalue weighted by atomic mass is 10.1. The van der Waals surface area contributed by atoms with Crippen LogP contribution in [0.5, 0.6) is 0 Å². The molecule has 1 aromatic carbocycles. The van der Waals surface area contributed by atoms with Gasteiger partial charge in [0.1, 0.15) is 15.8 Å². The molecular formula is C23H22N4O2S2. The maximum absolute atomic E-state index is 13.4. The average molecular weight is 451 g/mol. The normalized spacial score (nSPS) is 16.4. The van der Waals surface area contributed by atoms with Crippen LogP contribution >= 0.6 is 24.0 Å². The Morgan fingerprint density at radius 3 is 2.61 bits per heavy atom. The third-order valence-corrected chi connectivity index (χ3v) is 6.58. The van der Waals surface area contributed by atoms with Crippen molar-refractivity contribution in [1.29, 1.82) is 0 Å². The van der Waals surface area contributed by atoms with Crippen molar-refractivity contribution in [3.63, 3.8) is 0 Å². The summed E-state index contributed by atoms with van der Waals surface area (Å²) >= 11 is 6.52. The van der Waals surface area contributed by atoms with Gasteiger partial charge in [-0.3, -0.25) is 18.9 Å². The SMILES string of the molecule is CCN1C(=O)/C(=C/c2c(NC(C)c3ccccc3)nc3c(C)cccn3c2=O)SC1=S. The number of hydrogen-bond acceptors (Lipinski definition) is 6. The molecule has 4 rings (SSSR count). The monoisotopic (exact) mass is 450 g/mol. The Bertz CT molecular complexity index is 1270. The number of likely N-dealkylation sites (N-methyl/N-ethyl adjacent to an activating group) is 1. The first-order valence-electron chi connectivity index (χ1n) is 9.99. The molecule has 1 saturated heterocycles. The number of benzene rings is 1. The summed E-state index contributed by atoms with van der Waals surface area (Å²) in [5.74, 6) is 0.255. The van der Waals surface area contributed by atoms with Gasteiger partial charge in [-0.2, -0.15) is 0 Å². The van der Waals surface area contributed by atoms with Gasteiger partial charge in [0.2, 0.25) is 0 Å². The second-order valence-corrected chi connectivity index (χ2v) is 8.94. The smallest absolute Gasteiger partial charge is 0.267 e. The molecule has 31 heavy (non-hydrogen) atoms. The fourth-order valence-electron chi connectivity index (χ4n) is 3.49. The molecule has 8 heteroatoms. The van der Waals surface area contributed by atoms with E-state index in [2.05, 4.69) is 5.32 Å². The molecule has 0 bridgehead atoms. The molecule has 1 aliphatic heterocycles. The maximum Gasteiger partial charge on any atom is 0.267 e. The molecule has 0 aliphatic carbocycles. The van der Waals surface area contributed by atoms with Gasteiger partial charge in [0, 0.05) is 18.8 Å². The average Bonchev–Trinajstić information content (AvgIpc) is 3.04. The molecule has 6 nitrogen and oxygen atoms in total. The van der Waals surface area contributed by atoms with Crippen LogP contribution in [0.4, 0.5) is 5.82 Å². The maximum atomic E-state index is 13.4. The molecule has 1 fully saturated rings. The number of amides is 1. The van der Waals surface area contributed by atoms with Crippen LogP contribution in [0.25, 0.3) is 11.7 Å². The van der Waals surface area contributed by atoms with E-state index < -0.39 is 0 Å². The van der Waals surface area contributed by atoms with Crippen LogP contribution in [-0.4, -0.2) is 31.1 Å². The van der Waals surface area contributed by atoms with Crippen LogP contribution in [0.2, 0.25) is 0 Å². The first-order valence-corrected chi connectivity index (χ1v) is 11.2. The second-order valence-electron chi connectivity index (χ2n) is 7.27. The van der Waals surface area contributed by atoms with Crippen LogP contribution in [0, 0.1) is 6.92 Å². The number of carbonyl (C=O) groups excluding carboxylic acids is 1. The minimum Gasteiger partial charge on any atom is -0.363 e. The molecule has 0 saturated carbocycles. The number of fused-ring (bicyclic) bond motifs is 1. The number of thioether (sulfide) groups is 1. The van der Waals surface area contributed by atoms with Gasteiger partial charge in [0.15, 0.2) is 0 Å². The van der Waals surface area contributed by atoms with Crippen molar-refractivity contribution in [1.82, 2.24) is 14.3 Å². The zero-order valence-corrected chi connectivity index (χ0v) is 19.1. The zero-order chi connectivity index (χ0) is 22.1. The molecule has 1 amide bonds. The summed E-state index contributed by atoms with van der Waals surface area (Å²) in [6.45, 7) is 6.29. The molecule has 1 atom stereocenters. The van der Waals surface area contributed by atoms with Crippen molar-refractivity contribution in [2.45, 2.75) is 26.8 Å². The van der Waals surface area contributed by atoms with Gasteiger partial charge < -0.3 is 5.32 Å². The number of nitrogens with one attached hydrogen (secondary N) is 1. The summed E-state index contributed by atoms with van der Waals surface area (Å²) in [5, 5.41) is 3.38. The molecule has 158 valence electrons. The second kappa shape index (κ2) is 8.64. The van der Waals surface area contributed by atoms with Gasteiger partial charge in [-0.25, -0.2) is 4.98 Å². The predicted molar refractivity (Wildman–Crippen MR) is 130 cm³/mol. The first kappa shape index (κ1) is 21.3. The zero-order valence-electron chi connectivity index (χ0n) is 17.5. The Balaban J connectivity index is 1.87. The third kappa shape index (κ3) is 4.00. The van der Waals surface area contributed by atoms with E-state index in [4.69, 9.17) is 17.2 Å². The number of thiocarbonyl (C=S) groups is 1. The number of nitrogens with zero attached hydrogens (tertiary/aromatic N) is 3. The van der Waals surface area contributed by atoms with Crippen molar-refractivity contribution in [3.8, 4) is 0 Å². The highest BCUT2D eigenvalue weighted by Crippen LogP contribution is 2.33. The Morgan fingerprint density at radius 2 is 1.94 bits per heavy atom. The minimum absolute atomic E-state index is 0.0862. The van der Waals surface area contributed by atoms with Gasteiger partial charge >= 0.3 is 0 Å². The van der Waals surface area contributed by atoms with Crippen LogP contribution in [-0.2, 0) is 4.79 Å². The lowest BCUT2D eigenvalue weighted by molar-refractivity contribution is -0.121. The molecule has 0 spiro atoms. The predicted octanol–water partition coefficient (Wildman–Crippen LogP) is 4.40. The van der Waals surface area contributed by atoms with Gasteiger partial charge in [0.25, 0.3) is 11.5 Å². The van der Waals surface area contributed by atoms with E-state index in [1.165, 1.54) is 21.1 Å². The molecule has 1 unspecified atom stereocenters. The quantitative estimate of drug-likeness (QED) is 0.459. The topological polar surface area (TPSA) is 66.7 Å². The van der Waals surface area contributed by atoms with Gasteiger partial charge in [-0.15, -0.1) is 0 Å². The fourth-order valence-corrected chi connectivity index (χ4v) is 4.85. The number of anilines is 1. The summed E-state index contributed by atoms with van der Waals surface area (Å²) < 4.78 is 2.01. The largest absolute Gasteiger partial charge is 0.363 e. The van der Waals surface area contributed by atoms with Crippen molar-refractivity contribution in [2.75, 3.05) is 11.9 Å². The number of rotatable bonds is 5. The summed E-state index contributed by atoms with van der Waals surface area (Å²) in [5.41, 5.74) is 2.63. The molecule has 1 N–H and O–H groups in total. The van der Waals surface area contributed by atoms with Crippen molar-refractivity contribution in [2.24, 2.45) is 0 Å². The summed E-state index contributed by atoms with van der Waals surface area (Å²) in [7, 11) is 0. The summed E-state index contributed by atoms with van der Waals surface area (Å²) in [6.07, 6.45) is 3.30. The third-order valence-electron chi connectivity index (χ3n) is 5.20. The van der Waals surface area contributed by atoms with E-state index in [1.54, 1.807) is 12.3 Å². The van der Waals surface area contributed by atoms with Gasteiger partial charge in [-0.1, -0.05) is 60.4 Å². The van der Waals surface area contributed by atoms with Crippen LogP contribution in [0.1, 0.15) is 36.6 Å².